The molecule has 2 aromatic rings. The lowest BCUT2D eigenvalue weighted by Gasteiger charge is -2.06. The number of carbonyl (C=O) groups excluding carboxylic acids is 1. The van der Waals surface area contributed by atoms with Crippen molar-refractivity contribution in [3.05, 3.63) is 46.2 Å². The number of methoxy groups -OCH3 is 2. The highest BCUT2D eigenvalue weighted by Crippen LogP contribution is 2.24. The predicted octanol–water partition coefficient (Wildman–Crippen LogP) is 3.19. The van der Waals surface area contributed by atoms with Crippen LogP contribution < -0.4 is 9.47 Å². The molecule has 0 aliphatic carbocycles. The molecule has 0 amide bonds. The Bertz CT molecular complexity index is 545. The van der Waals surface area contributed by atoms with Gasteiger partial charge in [0.2, 0.25) is 0 Å². The molecule has 18 heavy (non-hydrogen) atoms. The number of para-hydroxylation sites is 1. The van der Waals surface area contributed by atoms with E-state index in [0.29, 0.717) is 11.3 Å². The summed E-state index contributed by atoms with van der Waals surface area (Å²) < 4.78 is 10.3. The van der Waals surface area contributed by atoms with Gasteiger partial charge in [0.15, 0.2) is 5.78 Å². The Morgan fingerprint density at radius 3 is 2.67 bits per heavy atom. The monoisotopic (exact) mass is 262 g/mol. The normalized spacial score (nSPS) is 10.1. The summed E-state index contributed by atoms with van der Waals surface area (Å²) in [6.45, 7) is 0. The highest BCUT2D eigenvalue weighted by Gasteiger charge is 2.12. The van der Waals surface area contributed by atoms with E-state index in [1.807, 2.05) is 29.6 Å². The topological polar surface area (TPSA) is 35.5 Å². The van der Waals surface area contributed by atoms with Gasteiger partial charge >= 0.3 is 0 Å². The summed E-state index contributed by atoms with van der Waals surface area (Å²) in [5.74, 6) is 1.55. The van der Waals surface area contributed by atoms with Crippen molar-refractivity contribution >= 4 is 17.1 Å². The molecule has 0 N–H and O–H groups in total. The molecule has 0 unspecified atom stereocenters. The first-order valence-corrected chi connectivity index (χ1v) is 6.40. The minimum atomic E-state index is 0.0767. The molecular weight excluding hydrogens is 248 g/mol. The standard InChI is InChI=1S/C14H14O3S/c1-16-11-8-14(18-9-11)12(15)7-10-5-3-4-6-13(10)17-2/h3-6,8-9H,7H2,1-2H3. The molecule has 0 saturated heterocycles. The number of hydrogen-bond acceptors (Lipinski definition) is 4. The minimum absolute atomic E-state index is 0.0767. The molecule has 0 radical (unpaired) electrons. The molecule has 1 heterocycles. The van der Waals surface area contributed by atoms with Crippen molar-refractivity contribution in [1.29, 1.82) is 0 Å². The SMILES string of the molecule is COc1csc(C(=O)Cc2ccccc2OC)c1. The van der Waals surface area contributed by atoms with Crippen LogP contribution in [0.2, 0.25) is 0 Å². The summed E-state index contributed by atoms with van der Waals surface area (Å²) in [5, 5.41) is 1.83. The van der Waals surface area contributed by atoms with Gasteiger partial charge in [-0.05, 0) is 6.07 Å². The highest BCUT2D eigenvalue weighted by molar-refractivity contribution is 7.12. The van der Waals surface area contributed by atoms with E-state index in [2.05, 4.69) is 0 Å². The molecule has 1 aromatic carbocycles. The van der Waals surface area contributed by atoms with Crippen LogP contribution in [0.15, 0.2) is 35.7 Å². The Morgan fingerprint density at radius 2 is 2.00 bits per heavy atom. The molecule has 0 aliphatic rings. The fraction of sp³-hybridized carbons (Fsp3) is 0.214. The average Bonchev–Trinajstić information content (AvgIpc) is 2.88. The third-order valence-corrected chi connectivity index (χ3v) is 3.58. The van der Waals surface area contributed by atoms with Crippen LogP contribution in [0.25, 0.3) is 0 Å². The molecule has 0 fully saturated rings. The summed E-state index contributed by atoms with van der Waals surface area (Å²) in [6.07, 6.45) is 0.341. The first-order valence-electron chi connectivity index (χ1n) is 5.52. The molecule has 0 atom stereocenters. The number of ether oxygens (including phenoxy) is 2. The quantitative estimate of drug-likeness (QED) is 0.776. The van der Waals surface area contributed by atoms with Crippen molar-refractivity contribution in [1.82, 2.24) is 0 Å². The lowest BCUT2D eigenvalue weighted by molar-refractivity contribution is 0.0995. The zero-order chi connectivity index (χ0) is 13.0. The maximum absolute atomic E-state index is 12.1. The Hall–Kier alpha value is -1.81. The first-order chi connectivity index (χ1) is 8.74. The maximum atomic E-state index is 12.1. The van der Waals surface area contributed by atoms with Crippen LogP contribution in [0, 0.1) is 0 Å². The Morgan fingerprint density at radius 1 is 1.22 bits per heavy atom. The second kappa shape index (κ2) is 5.69. The van der Waals surface area contributed by atoms with Crippen molar-refractivity contribution < 1.29 is 14.3 Å². The molecule has 0 aliphatic heterocycles. The van der Waals surface area contributed by atoms with Crippen molar-refractivity contribution in [3.63, 3.8) is 0 Å². The predicted molar refractivity (Wildman–Crippen MR) is 71.9 cm³/mol. The van der Waals surface area contributed by atoms with Gasteiger partial charge in [-0.25, -0.2) is 0 Å². The molecule has 1 aromatic heterocycles. The Kier molecular flexibility index (Phi) is 3.99. The van der Waals surface area contributed by atoms with Gasteiger partial charge in [-0.15, -0.1) is 11.3 Å². The summed E-state index contributed by atoms with van der Waals surface area (Å²) in [6, 6.07) is 9.32. The van der Waals surface area contributed by atoms with E-state index in [9.17, 15) is 4.79 Å². The molecule has 2 rings (SSSR count). The first kappa shape index (κ1) is 12.6. The van der Waals surface area contributed by atoms with Gasteiger partial charge in [0.05, 0.1) is 19.1 Å². The average molecular weight is 262 g/mol. The zero-order valence-corrected chi connectivity index (χ0v) is 11.1. The van der Waals surface area contributed by atoms with Gasteiger partial charge < -0.3 is 9.47 Å². The fourth-order valence-corrected chi connectivity index (χ4v) is 2.48. The number of carbonyl (C=O) groups is 1. The minimum Gasteiger partial charge on any atom is -0.496 e. The van der Waals surface area contributed by atoms with Crippen LogP contribution in [0.1, 0.15) is 15.2 Å². The lowest BCUT2D eigenvalue weighted by Crippen LogP contribution is -2.02. The number of benzene rings is 1. The molecule has 4 heteroatoms. The second-order valence-electron chi connectivity index (χ2n) is 3.76. The van der Waals surface area contributed by atoms with Crippen LogP contribution in [0.3, 0.4) is 0 Å². The number of thiophene rings is 1. The zero-order valence-electron chi connectivity index (χ0n) is 10.3. The van der Waals surface area contributed by atoms with Crippen molar-refractivity contribution in [2.45, 2.75) is 6.42 Å². The van der Waals surface area contributed by atoms with Gasteiger partial charge in [0, 0.05) is 23.4 Å². The van der Waals surface area contributed by atoms with E-state index in [-0.39, 0.29) is 5.78 Å². The van der Waals surface area contributed by atoms with E-state index in [4.69, 9.17) is 9.47 Å². The third kappa shape index (κ3) is 2.71. The van der Waals surface area contributed by atoms with E-state index in [1.54, 1.807) is 20.3 Å². The van der Waals surface area contributed by atoms with Gasteiger partial charge in [-0.3, -0.25) is 4.79 Å². The summed E-state index contributed by atoms with van der Waals surface area (Å²) in [4.78, 5) is 12.8. The van der Waals surface area contributed by atoms with E-state index in [0.717, 1.165) is 17.1 Å². The van der Waals surface area contributed by atoms with Gasteiger partial charge in [-0.2, -0.15) is 0 Å². The summed E-state index contributed by atoms with van der Waals surface area (Å²) in [7, 11) is 3.20. The van der Waals surface area contributed by atoms with Crippen LogP contribution in [-0.2, 0) is 6.42 Å². The van der Waals surface area contributed by atoms with Crippen LogP contribution in [0.4, 0.5) is 0 Å². The Balaban J connectivity index is 2.16. The molecule has 94 valence electrons. The fourth-order valence-electron chi connectivity index (χ4n) is 1.68. The lowest BCUT2D eigenvalue weighted by atomic mass is 10.1. The Labute approximate surface area is 110 Å². The van der Waals surface area contributed by atoms with Crippen LogP contribution in [-0.4, -0.2) is 20.0 Å². The van der Waals surface area contributed by atoms with Gasteiger partial charge in [0.25, 0.3) is 0 Å². The summed E-state index contributed by atoms with van der Waals surface area (Å²) in [5.41, 5.74) is 0.900. The second-order valence-corrected chi connectivity index (χ2v) is 4.67. The molecule has 3 nitrogen and oxygen atoms in total. The smallest absolute Gasteiger partial charge is 0.177 e. The number of Topliss-reactive ketones (excluding diaryl/α,β-unsaturated/α-hetero) is 1. The van der Waals surface area contributed by atoms with Crippen LogP contribution in [0.5, 0.6) is 11.5 Å². The molecular formula is C14H14O3S. The van der Waals surface area contributed by atoms with E-state index >= 15 is 0 Å². The number of ketones is 1. The third-order valence-electron chi connectivity index (χ3n) is 2.63. The number of rotatable bonds is 5. The van der Waals surface area contributed by atoms with Crippen molar-refractivity contribution in [2.75, 3.05) is 14.2 Å². The van der Waals surface area contributed by atoms with Crippen molar-refractivity contribution in [2.24, 2.45) is 0 Å². The highest BCUT2D eigenvalue weighted by atomic mass is 32.1. The number of hydrogen-bond donors (Lipinski definition) is 0. The summed E-state index contributed by atoms with van der Waals surface area (Å²) >= 11 is 1.40. The molecule has 0 saturated carbocycles. The maximum Gasteiger partial charge on any atom is 0.177 e. The largest absolute Gasteiger partial charge is 0.496 e. The van der Waals surface area contributed by atoms with Crippen molar-refractivity contribution in [3.8, 4) is 11.5 Å². The van der Waals surface area contributed by atoms with Gasteiger partial charge in [-0.1, -0.05) is 18.2 Å². The van der Waals surface area contributed by atoms with Gasteiger partial charge in [0.1, 0.15) is 11.5 Å². The molecule has 0 bridgehead atoms. The molecule has 0 spiro atoms. The van der Waals surface area contributed by atoms with E-state index < -0.39 is 0 Å². The van der Waals surface area contributed by atoms with E-state index in [1.165, 1.54) is 11.3 Å². The van der Waals surface area contributed by atoms with Crippen LogP contribution >= 0.6 is 11.3 Å².